The van der Waals surface area contributed by atoms with Crippen LogP contribution in [0, 0.1) is 24.0 Å². The van der Waals surface area contributed by atoms with Crippen molar-refractivity contribution in [3.05, 3.63) is 51.3 Å². The van der Waals surface area contributed by atoms with Crippen molar-refractivity contribution < 1.29 is 13.3 Å². The van der Waals surface area contributed by atoms with Crippen LogP contribution in [0.3, 0.4) is 0 Å². The number of hydrogen-bond donors (Lipinski definition) is 0. The smallest absolute Gasteiger partial charge is 0.270 e. The van der Waals surface area contributed by atoms with Gasteiger partial charge in [-0.05, 0) is 25.0 Å². The third kappa shape index (κ3) is 3.40. The summed E-state index contributed by atoms with van der Waals surface area (Å²) in [6, 6.07) is 2.55. The number of nitro benzene ring substituents is 1. The van der Waals surface area contributed by atoms with Gasteiger partial charge in [-0.25, -0.2) is 8.42 Å². The fourth-order valence-electron chi connectivity index (χ4n) is 2.49. The van der Waals surface area contributed by atoms with Crippen molar-refractivity contribution in [2.24, 2.45) is 7.05 Å². The molecule has 1 heterocycles. The molecule has 8 nitrogen and oxygen atoms in total. The number of nitro groups is 1. The standard InChI is InChI=1S/C14H18N4O4S/c1-10-5-13(18(19)20)6-11(2)14(10)23(21,22)17(4)9-12-7-15-16(3)8-12/h5-8H,9H2,1-4H3. The lowest BCUT2D eigenvalue weighted by molar-refractivity contribution is -0.385. The van der Waals surface area contributed by atoms with Gasteiger partial charge in [0.25, 0.3) is 5.69 Å². The number of aromatic nitrogens is 2. The Kier molecular flexibility index (Phi) is 4.53. The highest BCUT2D eigenvalue weighted by molar-refractivity contribution is 7.89. The average molecular weight is 338 g/mol. The van der Waals surface area contributed by atoms with Crippen LogP contribution in [0.1, 0.15) is 16.7 Å². The Balaban J connectivity index is 2.41. The Bertz CT molecular complexity index is 834. The molecule has 2 aromatic rings. The minimum absolute atomic E-state index is 0.106. The van der Waals surface area contributed by atoms with Crippen LogP contribution in [-0.2, 0) is 23.6 Å². The van der Waals surface area contributed by atoms with Crippen molar-refractivity contribution >= 4 is 15.7 Å². The van der Waals surface area contributed by atoms with Gasteiger partial charge in [0.05, 0.1) is 16.0 Å². The van der Waals surface area contributed by atoms with E-state index in [1.54, 1.807) is 38.0 Å². The predicted octanol–water partition coefficient (Wildman–Crippen LogP) is 1.77. The summed E-state index contributed by atoms with van der Waals surface area (Å²) in [4.78, 5) is 10.5. The van der Waals surface area contributed by atoms with Crippen molar-refractivity contribution in [2.75, 3.05) is 7.05 Å². The van der Waals surface area contributed by atoms with E-state index in [1.165, 1.54) is 23.5 Å². The number of hydrogen-bond acceptors (Lipinski definition) is 5. The zero-order valence-electron chi connectivity index (χ0n) is 13.3. The van der Waals surface area contributed by atoms with Crippen LogP contribution in [0.4, 0.5) is 5.69 Å². The van der Waals surface area contributed by atoms with Gasteiger partial charge in [-0.2, -0.15) is 9.40 Å². The molecule has 0 aliphatic rings. The first-order chi connectivity index (χ1) is 10.6. The first-order valence-electron chi connectivity index (χ1n) is 6.82. The molecule has 0 fully saturated rings. The van der Waals surface area contributed by atoms with Gasteiger partial charge >= 0.3 is 0 Å². The first kappa shape index (κ1) is 17.1. The first-order valence-corrected chi connectivity index (χ1v) is 8.26. The minimum Gasteiger partial charge on any atom is -0.275 e. The molecule has 9 heteroatoms. The number of benzene rings is 1. The van der Waals surface area contributed by atoms with Crippen molar-refractivity contribution in [3.63, 3.8) is 0 Å². The van der Waals surface area contributed by atoms with E-state index in [1.807, 2.05) is 0 Å². The van der Waals surface area contributed by atoms with Gasteiger partial charge in [-0.3, -0.25) is 14.8 Å². The second-order valence-electron chi connectivity index (χ2n) is 5.45. The largest absolute Gasteiger partial charge is 0.275 e. The molecule has 0 aliphatic carbocycles. The summed E-state index contributed by atoms with van der Waals surface area (Å²) in [7, 11) is -0.531. The molecule has 2 rings (SSSR count). The van der Waals surface area contributed by atoms with E-state index < -0.39 is 14.9 Å². The van der Waals surface area contributed by atoms with E-state index in [9.17, 15) is 18.5 Å². The van der Waals surface area contributed by atoms with Crippen LogP contribution in [0.2, 0.25) is 0 Å². The molecule has 0 amide bonds. The Hall–Kier alpha value is -2.26. The molecule has 0 bridgehead atoms. The van der Waals surface area contributed by atoms with Gasteiger partial charge in [0.15, 0.2) is 0 Å². The highest BCUT2D eigenvalue weighted by atomic mass is 32.2. The zero-order valence-corrected chi connectivity index (χ0v) is 14.2. The van der Waals surface area contributed by atoms with Crippen molar-refractivity contribution in [3.8, 4) is 0 Å². The monoisotopic (exact) mass is 338 g/mol. The fraction of sp³-hybridized carbons (Fsp3) is 0.357. The summed E-state index contributed by atoms with van der Waals surface area (Å²) in [5.41, 5.74) is 1.36. The molecule has 0 unspecified atom stereocenters. The van der Waals surface area contributed by atoms with Crippen molar-refractivity contribution in [1.29, 1.82) is 0 Å². The van der Waals surface area contributed by atoms with Crippen LogP contribution >= 0.6 is 0 Å². The van der Waals surface area contributed by atoms with Crippen LogP contribution in [0.25, 0.3) is 0 Å². The normalized spacial score (nSPS) is 11.9. The summed E-state index contributed by atoms with van der Waals surface area (Å²) in [5.74, 6) is 0. The van der Waals surface area contributed by atoms with Gasteiger partial charge in [0.1, 0.15) is 0 Å². The van der Waals surface area contributed by atoms with Gasteiger partial charge in [0, 0.05) is 44.5 Å². The van der Waals surface area contributed by atoms with E-state index in [4.69, 9.17) is 0 Å². The fourth-order valence-corrected chi connectivity index (χ4v) is 4.05. The maximum absolute atomic E-state index is 12.8. The molecule has 0 saturated carbocycles. The number of nitrogens with zero attached hydrogens (tertiary/aromatic N) is 4. The van der Waals surface area contributed by atoms with E-state index in [-0.39, 0.29) is 17.1 Å². The average Bonchev–Trinajstić information content (AvgIpc) is 2.82. The topological polar surface area (TPSA) is 98.3 Å². The lowest BCUT2D eigenvalue weighted by Gasteiger charge is -2.19. The molecular formula is C14H18N4O4S. The molecular weight excluding hydrogens is 320 g/mol. The lowest BCUT2D eigenvalue weighted by atomic mass is 10.1. The molecule has 0 radical (unpaired) electrons. The van der Waals surface area contributed by atoms with Gasteiger partial charge < -0.3 is 0 Å². The summed E-state index contributed by atoms with van der Waals surface area (Å²) in [6.07, 6.45) is 3.34. The van der Waals surface area contributed by atoms with Gasteiger partial charge in [-0.1, -0.05) is 0 Å². The Morgan fingerprint density at radius 3 is 2.30 bits per heavy atom. The summed E-state index contributed by atoms with van der Waals surface area (Å²) in [5, 5.41) is 14.9. The number of aryl methyl sites for hydroxylation is 3. The zero-order chi connectivity index (χ0) is 17.4. The maximum Gasteiger partial charge on any atom is 0.270 e. The van der Waals surface area contributed by atoms with E-state index in [0.717, 1.165) is 5.56 Å². The van der Waals surface area contributed by atoms with Gasteiger partial charge in [-0.15, -0.1) is 0 Å². The van der Waals surface area contributed by atoms with Crippen molar-refractivity contribution in [1.82, 2.24) is 14.1 Å². The molecule has 1 aromatic carbocycles. The van der Waals surface area contributed by atoms with Crippen LogP contribution < -0.4 is 0 Å². The summed E-state index contributed by atoms with van der Waals surface area (Å²) in [6.45, 7) is 3.29. The van der Waals surface area contributed by atoms with Crippen LogP contribution in [0.15, 0.2) is 29.4 Å². The number of rotatable bonds is 5. The molecule has 1 aromatic heterocycles. The van der Waals surface area contributed by atoms with E-state index in [2.05, 4.69) is 5.10 Å². The Labute approximate surface area is 134 Å². The van der Waals surface area contributed by atoms with Crippen LogP contribution in [0.5, 0.6) is 0 Å². The second kappa shape index (κ2) is 6.09. The molecule has 0 aliphatic heterocycles. The number of sulfonamides is 1. The molecule has 23 heavy (non-hydrogen) atoms. The van der Waals surface area contributed by atoms with Crippen LogP contribution in [-0.4, -0.2) is 34.5 Å². The molecule has 0 N–H and O–H groups in total. The highest BCUT2D eigenvalue weighted by Crippen LogP contribution is 2.28. The second-order valence-corrected chi connectivity index (χ2v) is 7.43. The third-order valence-corrected chi connectivity index (χ3v) is 5.60. The quantitative estimate of drug-likeness (QED) is 0.611. The van der Waals surface area contributed by atoms with Gasteiger partial charge in [0.2, 0.25) is 10.0 Å². The highest BCUT2D eigenvalue weighted by Gasteiger charge is 2.27. The molecule has 0 spiro atoms. The molecule has 0 atom stereocenters. The Morgan fingerprint density at radius 1 is 1.30 bits per heavy atom. The molecule has 0 saturated heterocycles. The van der Waals surface area contributed by atoms with E-state index >= 15 is 0 Å². The number of non-ortho nitro benzene ring substituents is 1. The predicted molar refractivity (Wildman–Crippen MR) is 84.4 cm³/mol. The van der Waals surface area contributed by atoms with Crippen molar-refractivity contribution in [2.45, 2.75) is 25.3 Å². The van der Waals surface area contributed by atoms with E-state index in [0.29, 0.717) is 11.1 Å². The lowest BCUT2D eigenvalue weighted by Crippen LogP contribution is -2.27. The third-order valence-electron chi connectivity index (χ3n) is 3.49. The molecule has 124 valence electrons. The summed E-state index contributed by atoms with van der Waals surface area (Å²) >= 11 is 0. The minimum atomic E-state index is -3.76. The SMILES string of the molecule is Cc1cc([N+](=O)[O-])cc(C)c1S(=O)(=O)N(C)Cc1cnn(C)c1. The maximum atomic E-state index is 12.8. The summed E-state index contributed by atoms with van der Waals surface area (Å²) < 4.78 is 28.4. The Morgan fingerprint density at radius 2 is 1.87 bits per heavy atom.